The van der Waals surface area contributed by atoms with Gasteiger partial charge < -0.3 is 5.32 Å². The summed E-state index contributed by atoms with van der Waals surface area (Å²) in [5.74, 6) is 0. The molecule has 1 aromatic rings. The lowest BCUT2D eigenvalue weighted by Crippen LogP contribution is -2.28. The molecular formula is C10H16F3N3. The summed E-state index contributed by atoms with van der Waals surface area (Å²) in [6, 6.07) is 1.36. The van der Waals surface area contributed by atoms with E-state index in [-0.39, 0.29) is 0 Å². The van der Waals surface area contributed by atoms with Gasteiger partial charge in [0.15, 0.2) is 5.69 Å². The van der Waals surface area contributed by atoms with Crippen molar-refractivity contribution < 1.29 is 13.2 Å². The van der Waals surface area contributed by atoms with Crippen LogP contribution in [0.3, 0.4) is 0 Å². The summed E-state index contributed by atoms with van der Waals surface area (Å²) in [7, 11) is 0. The molecule has 6 heteroatoms. The zero-order valence-electron chi connectivity index (χ0n) is 9.38. The number of aromatic nitrogens is 2. The lowest BCUT2D eigenvalue weighted by molar-refractivity contribution is -0.141. The van der Waals surface area contributed by atoms with Gasteiger partial charge in [0.25, 0.3) is 0 Å². The van der Waals surface area contributed by atoms with Gasteiger partial charge in [0, 0.05) is 18.8 Å². The van der Waals surface area contributed by atoms with E-state index in [4.69, 9.17) is 0 Å². The minimum atomic E-state index is -4.35. The third-order valence-corrected chi connectivity index (χ3v) is 2.38. The van der Waals surface area contributed by atoms with Gasteiger partial charge in [0.05, 0.1) is 6.54 Å². The zero-order chi connectivity index (χ0) is 12.2. The Bertz CT molecular complexity index is 319. The number of hydrogen-bond donors (Lipinski definition) is 1. The minimum Gasteiger partial charge on any atom is -0.312 e. The Morgan fingerprint density at radius 1 is 1.50 bits per heavy atom. The van der Waals surface area contributed by atoms with E-state index < -0.39 is 11.9 Å². The molecule has 1 atom stereocenters. The van der Waals surface area contributed by atoms with Crippen LogP contribution >= 0.6 is 0 Å². The molecule has 0 bridgehead atoms. The quantitative estimate of drug-likeness (QED) is 0.848. The summed E-state index contributed by atoms with van der Waals surface area (Å²) in [5, 5.41) is 6.64. The fourth-order valence-corrected chi connectivity index (χ4v) is 1.21. The normalized spacial score (nSPS) is 14.1. The second-order valence-electron chi connectivity index (χ2n) is 3.73. The molecule has 16 heavy (non-hydrogen) atoms. The topological polar surface area (TPSA) is 29.9 Å². The number of hydrogen-bond acceptors (Lipinski definition) is 2. The van der Waals surface area contributed by atoms with E-state index >= 15 is 0 Å². The minimum absolute atomic E-state index is 0.373. The molecule has 0 amide bonds. The Morgan fingerprint density at radius 3 is 2.69 bits per heavy atom. The van der Waals surface area contributed by atoms with Crippen molar-refractivity contribution in [1.29, 1.82) is 0 Å². The Kier molecular flexibility index (Phi) is 4.35. The molecule has 0 aromatic carbocycles. The van der Waals surface area contributed by atoms with E-state index in [1.165, 1.54) is 10.9 Å². The highest BCUT2D eigenvalue weighted by Gasteiger charge is 2.33. The molecule has 3 nitrogen and oxygen atoms in total. The number of nitrogens with one attached hydrogen (secondary N) is 1. The smallest absolute Gasteiger partial charge is 0.312 e. The largest absolute Gasteiger partial charge is 0.435 e. The highest BCUT2D eigenvalue weighted by Crippen LogP contribution is 2.27. The Morgan fingerprint density at radius 2 is 2.19 bits per heavy atom. The van der Waals surface area contributed by atoms with Crippen molar-refractivity contribution in [3.8, 4) is 0 Å². The second kappa shape index (κ2) is 5.34. The van der Waals surface area contributed by atoms with Crippen LogP contribution < -0.4 is 5.32 Å². The van der Waals surface area contributed by atoms with E-state index in [0.717, 1.165) is 12.5 Å². The Balaban J connectivity index is 2.41. The van der Waals surface area contributed by atoms with Gasteiger partial charge in [-0.3, -0.25) is 4.68 Å². The number of alkyl halides is 3. The average Bonchev–Trinajstić information content (AvgIpc) is 2.65. The Labute approximate surface area is 92.6 Å². The summed E-state index contributed by atoms with van der Waals surface area (Å²) < 4.78 is 37.9. The van der Waals surface area contributed by atoms with Gasteiger partial charge in [0.1, 0.15) is 0 Å². The molecule has 0 spiro atoms. The van der Waals surface area contributed by atoms with Crippen LogP contribution in [0.1, 0.15) is 26.0 Å². The molecule has 92 valence electrons. The SMILES string of the molecule is CCC(C)NCCn1ccc(C(F)(F)F)n1. The number of rotatable bonds is 5. The fourth-order valence-electron chi connectivity index (χ4n) is 1.21. The highest BCUT2D eigenvalue weighted by atomic mass is 19.4. The molecule has 0 saturated carbocycles. The van der Waals surface area contributed by atoms with Crippen molar-refractivity contribution in [3.63, 3.8) is 0 Å². The van der Waals surface area contributed by atoms with Gasteiger partial charge in [-0.05, 0) is 19.4 Å². The molecule has 1 rings (SSSR count). The summed E-state index contributed by atoms with van der Waals surface area (Å²) >= 11 is 0. The van der Waals surface area contributed by atoms with Crippen molar-refractivity contribution >= 4 is 0 Å². The van der Waals surface area contributed by atoms with Crippen molar-refractivity contribution in [2.24, 2.45) is 0 Å². The lowest BCUT2D eigenvalue weighted by Gasteiger charge is -2.10. The fraction of sp³-hybridized carbons (Fsp3) is 0.700. The second-order valence-corrected chi connectivity index (χ2v) is 3.73. The Hall–Kier alpha value is -1.04. The van der Waals surface area contributed by atoms with Gasteiger partial charge in [-0.1, -0.05) is 6.92 Å². The first-order chi connectivity index (χ1) is 7.43. The maximum Gasteiger partial charge on any atom is 0.435 e. The molecular weight excluding hydrogens is 219 g/mol. The lowest BCUT2D eigenvalue weighted by atomic mass is 10.3. The molecule has 1 N–H and O–H groups in total. The van der Waals surface area contributed by atoms with Gasteiger partial charge in [-0.25, -0.2) is 0 Å². The van der Waals surface area contributed by atoms with E-state index in [2.05, 4.69) is 10.4 Å². The maximum atomic E-state index is 12.2. The predicted molar refractivity (Wildman–Crippen MR) is 55.0 cm³/mol. The molecule has 0 saturated heterocycles. The van der Waals surface area contributed by atoms with Crippen LogP contribution in [-0.2, 0) is 12.7 Å². The molecule has 1 aromatic heterocycles. The standard InChI is InChI=1S/C10H16F3N3/c1-3-8(2)14-5-7-16-6-4-9(15-16)10(11,12)13/h4,6,8,14H,3,5,7H2,1-2H3. The van der Waals surface area contributed by atoms with Crippen molar-refractivity contribution in [3.05, 3.63) is 18.0 Å². The molecule has 0 aliphatic carbocycles. The molecule has 0 aliphatic rings. The molecule has 1 unspecified atom stereocenters. The summed E-state index contributed by atoms with van der Waals surface area (Å²) in [5.41, 5.74) is -0.837. The van der Waals surface area contributed by atoms with Crippen LogP contribution in [0.15, 0.2) is 12.3 Å². The van der Waals surface area contributed by atoms with Crippen molar-refractivity contribution in [1.82, 2.24) is 15.1 Å². The third kappa shape index (κ3) is 3.84. The van der Waals surface area contributed by atoms with Crippen molar-refractivity contribution in [2.45, 2.75) is 39.0 Å². The van der Waals surface area contributed by atoms with E-state index in [1.54, 1.807) is 0 Å². The van der Waals surface area contributed by atoms with Gasteiger partial charge >= 0.3 is 6.18 Å². The molecule has 0 fully saturated rings. The molecule has 0 radical (unpaired) electrons. The first kappa shape index (κ1) is 13.0. The maximum absolute atomic E-state index is 12.2. The van der Waals surface area contributed by atoms with Gasteiger partial charge in [-0.15, -0.1) is 0 Å². The van der Waals surface area contributed by atoms with Crippen LogP contribution in [0.2, 0.25) is 0 Å². The number of nitrogens with zero attached hydrogens (tertiary/aromatic N) is 2. The van der Waals surface area contributed by atoms with Crippen LogP contribution in [-0.4, -0.2) is 22.4 Å². The molecule has 0 aliphatic heterocycles. The summed E-state index contributed by atoms with van der Waals surface area (Å²) in [6.45, 7) is 5.14. The van der Waals surface area contributed by atoms with Crippen LogP contribution in [0, 0.1) is 0 Å². The zero-order valence-corrected chi connectivity index (χ0v) is 9.38. The van der Waals surface area contributed by atoms with Crippen LogP contribution in [0.25, 0.3) is 0 Å². The average molecular weight is 235 g/mol. The van der Waals surface area contributed by atoms with Gasteiger partial charge in [-0.2, -0.15) is 18.3 Å². The van der Waals surface area contributed by atoms with Crippen LogP contribution in [0.5, 0.6) is 0 Å². The van der Waals surface area contributed by atoms with Crippen molar-refractivity contribution in [2.75, 3.05) is 6.54 Å². The van der Waals surface area contributed by atoms with E-state index in [1.807, 2.05) is 13.8 Å². The first-order valence-electron chi connectivity index (χ1n) is 5.27. The number of halogens is 3. The summed E-state index contributed by atoms with van der Waals surface area (Å²) in [4.78, 5) is 0. The monoisotopic (exact) mass is 235 g/mol. The summed E-state index contributed by atoms with van der Waals surface area (Å²) in [6.07, 6.45) is -2.01. The first-order valence-corrected chi connectivity index (χ1v) is 5.27. The van der Waals surface area contributed by atoms with E-state index in [0.29, 0.717) is 19.1 Å². The van der Waals surface area contributed by atoms with Crippen LogP contribution in [0.4, 0.5) is 13.2 Å². The molecule has 1 heterocycles. The van der Waals surface area contributed by atoms with Gasteiger partial charge in [0.2, 0.25) is 0 Å². The highest BCUT2D eigenvalue weighted by molar-refractivity contribution is 5.03. The predicted octanol–water partition coefficient (Wildman–Crippen LogP) is 2.29. The van der Waals surface area contributed by atoms with E-state index in [9.17, 15) is 13.2 Å². The third-order valence-electron chi connectivity index (χ3n) is 2.38.